The van der Waals surface area contributed by atoms with Gasteiger partial charge in [0.15, 0.2) is 5.84 Å². The van der Waals surface area contributed by atoms with Gasteiger partial charge in [-0.15, -0.1) is 0 Å². The normalized spacial score (nSPS) is 22.8. The zero-order valence-electron chi connectivity index (χ0n) is 8.33. The van der Waals surface area contributed by atoms with E-state index in [-0.39, 0.29) is 11.9 Å². The Hall–Kier alpha value is -0.770. The molecule has 2 atom stereocenters. The lowest BCUT2D eigenvalue weighted by molar-refractivity contribution is 0.312. The van der Waals surface area contributed by atoms with E-state index in [4.69, 9.17) is 10.9 Å². The van der Waals surface area contributed by atoms with Gasteiger partial charge in [0.2, 0.25) is 0 Å². The lowest BCUT2D eigenvalue weighted by Crippen LogP contribution is -2.45. The average molecular weight is 185 g/mol. The topological polar surface area (TPSA) is 70.6 Å². The number of nitrogens with zero attached hydrogens (tertiary/aromatic N) is 1. The smallest absolute Gasteiger partial charge is 0.156 e. The molecular weight excluding hydrogens is 166 g/mol. The Bertz CT molecular complexity index is 189. The van der Waals surface area contributed by atoms with Crippen LogP contribution in [0.4, 0.5) is 0 Å². The molecular formula is C9H19N3O. The Balaban J connectivity index is 2.38. The molecule has 0 aromatic heterocycles. The van der Waals surface area contributed by atoms with E-state index in [9.17, 15) is 0 Å². The van der Waals surface area contributed by atoms with Gasteiger partial charge in [0.25, 0.3) is 0 Å². The molecule has 0 spiro atoms. The maximum absolute atomic E-state index is 8.53. The van der Waals surface area contributed by atoms with E-state index in [1.165, 1.54) is 12.8 Å². The highest BCUT2D eigenvalue weighted by Gasteiger charge is 2.29. The number of hydrogen-bond donors (Lipinski definition) is 3. The minimum atomic E-state index is 0.0144. The van der Waals surface area contributed by atoms with Gasteiger partial charge in [0, 0.05) is 6.04 Å². The Morgan fingerprint density at radius 1 is 1.69 bits per heavy atom. The standard InChI is InChI=1S/C9H19N3O/c1-3-8(9(10)12-13)11-6(2)7-4-5-7/h6-8,11,13H,3-5H2,1-2H3,(H2,10,12). The van der Waals surface area contributed by atoms with Gasteiger partial charge in [0.1, 0.15) is 0 Å². The van der Waals surface area contributed by atoms with Crippen LogP contribution >= 0.6 is 0 Å². The van der Waals surface area contributed by atoms with Crippen molar-refractivity contribution in [3.63, 3.8) is 0 Å². The molecule has 1 rings (SSSR count). The number of nitrogens with one attached hydrogen (secondary N) is 1. The van der Waals surface area contributed by atoms with Crippen molar-refractivity contribution in [1.29, 1.82) is 0 Å². The van der Waals surface area contributed by atoms with Gasteiger partial charge in [-0.1, -0.05) is 12.1 Å². The second-order valence-corrected chi connectivity index (χ2v) is 3.78. The van der Waals surface area contributed by atoms with Crippen molar-refractivity contribution in [2.24, 2.45) is 16.8 Å². The molecule has 4 N–H and O–H groups in total. The summed E-state index contributed by atoms with van der Waals surface area (Å²) in [6.45, 7) is 4.18. The summed E-state index contributed by atoms with van der Waals surface area (Å²) in [5.74, 6) is 1.08. The predicted octanol–water partition coefficient (Wildman–Crippen LogP) is 0.899. The van der Waals surface area contributed by atoms with Gasteiger partial charge < -0.3 is 16.3 Å². The average Bonchev–Trinajstić information content (AvgIpc) is 2.95. The Morgan fingerprint density at radius 3 is 2.69 bits per heavy atom. The second-order valence-electron chi connectivity index (χ2n) is 3.78. The Morgan fingerprint density at radius 2 is 2.31 bits per heavy atom. The van der Waals surface area contributed by atoms with Crippen LogP contribution in [-0.4, -0.2) is 23.1 Å². The number of nitrogens with two attached hydrogens (primary N) is 1. The predicted molar refractivity (Wildman–Crippen MR) is 52.8 cm³/mol. The van der Waals surface area contributed by atoms with Crippen molar-refractivity contribution >= 4 is 5.84 Å². The molecule has 0 aliphatic heterocycles. The highest BCUT2D eigenvalue weighted by atomic mass is 16.4. The van der Waals surface area contributed by atoms with E-state index in [1.54, 1.807) is 0 Å². The first-order valence-corrected chi connectivity index (χ1v) is 4.92. The summed E-state index contributed by atoms with van der Waals surface area (Å²) in [4.78, 5) is 0. The largest absolute Gasteiger partial charge is 0.409 e. The molecule has 4 heteroatoms. The number of oxime groups is 1. The molecule has 0 heterocycles. The van der Waals surface area contributed by atoms with Crippen LogP contribution in [0.2, 0.25) is 0 Å². The van der Waals surface area contributed by atoms with Gasteiger partial charge in [-0.25, -0.2) is 0 Å². The lowest BCUT2D eigenvalue weighted by atomic mass is 10.1. The van der Waals surface area contributed by atoms with E-state index in [1.807, 2.05) is 6.92 Å². The third-order valence-corrected chi connectivity index (χ3v) is 2.67. The third kappa shape index (κ3) is 2.88. The number of rotatable bonds is 5. The molecule has 1 aliphatic carbocycles. The van der Waals surface area contributed by atoms with Crippen LogP contribution in [0.1, 0.15) is 33.1 Å². The Labute approximate surface area is 79.2 Å². The van der Waals surface area contributed by atoms with Crippen LogP contribution < -0.4 is 11.1 Å². The molecule has 76 valence electrons. The summed E-state index contributed by atoms with van der Waals surface area (Å²) in [7, 11) is 0. The zero-order valence-corrected chi connectivity index (χ0v) is 8.33. The maximum atomic E-state index is 8.53. The van der Waals surface area contributed by atoms with Crippen molar-refractivity contribution in [3.8, 4) is 0 Å². The molecule has 13 heavy (non-hydrogen) atoms. The lowest BCUT2D eigenvalue weighted by Gasteiger charge is -2.20. The van der Waals surface area contributed by atoms with Crippen LogP contribution in [0.25, 0.3) is 0 Å². The molecule has 0 amide bonds. The molecule has 1 saturated carbocycles. The van der Waals surface area contributed by atoms with Crippen molar-refractivity contribution < 1.29 is 5.21 Å². The molecule has 0 radical (unpaired) electrons. The molecule has 0 aromatic carbocycles. The molecule has 4 nitrogen and oxygen atoms in total. The fourth-order valence-electron chi connectivity index (χ4n) is 1.53. The molecule has 0 aromatic rings. The van der Waals surface area contributed by atoms with E-state index in [2.05, 4.69) is 17.4 Å². The van der Waals surface area contributed by atoms with Crippen LogP contribution in [-0.2, 0) is 0 Å². The molecule has 1 aliphatic rings. The first-order chi connectivity index (χ1) is 6.19. The summed E-state index contributed by atoms with van der Waals surface area (Å²) in [5, 5.41) is 14.9. The minimum Gasteiger partial charge on any atom is -0.409 e. The Kier molecular flexibility index (Phi) is 3.54. The quantitative estimate of drug-likeness (QED) is 0.258. The molecule has 2 unspecified atom stereocenters. The monoisotopic (exact) mass is 185 g/mol. The fraction of sp³-hybridized carbons (Fsp3) is 0.889. The van der Waals surface area contributed by atoms with Gasteiger partial charge in [-0.2, -0.15) is 0 Å². The van der Waals surface area contributed by atoms with Gasteiger partial charge in [-0.05, 0) is 32.1 Å². The first-order valence-electron chi connectivity index (χ1n) is 4.92. The van der Waals surface area contributed by atoms with Crippen LogP contribution in [0.5, 0.6) is 0 Å². The van der Waals surface area contributed by atoms with Crippen LogP contribution in [0.3, 0.4) is 0 Å². The highest BCUT2D eigenvalue weighted by molar-refractivity contribution is 5.85. The summed E-state index contributed by atoms with van der Waals surface area (Å²) in [5.41, 5.74) is 5.53. The van der Waals surface area contributed by atoms with Crippen LogP contribution in [0.15, 0.2) is 5.16 Å². The second kappa shape index (κ2) is 4.46. The number of hydrogen-bond acceptors (Lipinski definition) is 3. The molecule has 0 bridgehead atoms. The number of amidine groups is 1. The summed E-state index contributed by atoms with van der Waals surface area (Å²) in [6.07, 6.45) is 3.47. The van der Waals surface area contributed by atoms with Gasteiger partial charge in [0.05, 0.1) is 6.04 Å². The first kappa shape index (κ1) is 10.3. The van der Waals surface area contributed by atoms with Crippen molar-refractivity contribution in [2.75, 3.05) is 0 Å². The van der Waals surface area contributed by atoms with E-state index < -0.39 is 0 Å². The summed E-state index contributed by atoms with van der Waals surface area (Å²) in [6, 6.07) is 0.492. The SMILES string of the molecule is CCC(NC(C)C1CC1)C(N)=NO. The third-order valence-electron chi connectivity index (χ3n) is 2.67. The fourth-order valence-corrected chi connectivity index (χ4v) is 1.53. The van der Waals surface area contributed by atoms with Crippen molar-refractivity contribution in [1.82, 2.24) is 5.32 Å². The zero-order chi connectivity index (χ0) is 9.84. The van der Waals surface area contributed by atoms with Crippen LogP contribution in [0, 0.1) is 5.92 Å². The minimum absolute atomic E-state index is 0.0144. The molecule has 0 saturated heterocycles. The van der Waals surface area contributed by atoms with E-state index >= 15 is 0 Å². The maximum Gasteiger partial charge on any atom is 0.156 e. The highest BCUT2D eigenvalue weighted by Crippen LogP contribution is 2.32. The van der Waals surface area contributed by atoms with E-state index in [0.717, 1.165) is 12.3 Å². The molecule has 1 fully saturated rings. The van der Waals surface area contributed by atoms with Crippen molar-refractivity contribution in [2.45, 2.75) is 45.2 Å². The van der Waals surface area contributed by atoms with Crippen molar-refractivity contribution in [3.05, 3.63) is 0 Å². The summed E-state index contributed by atoms with van der Waals surface area (Å²) >= 11 is 0. The summed E-state index contributed by atoms with van der Waals surface area (Å²) < 4.78 is 0. The van der Waals surface area contributed by atoms with Gasteiger partial charge in [-0.3, -0.25) is 0 Å². The van der Waals surface area contributed by atoms with E-state index in [0.29, 0.717) is 6.04 Å². The van der Waals surface area contributed by atoms with Gasteiger partial charge >= 0.3 is 0 Å².